The van der Waals surface area contributed by atoms with Crippen molar-refractivity contribution in [1.29, 1.82) is 0 Å². The second kappa shape index (κ2) is 7.96. The van der Waals surface area contributed by atoms with Crippen LogP contribution in [-0.4, -0.2) is 58.1 Å². The molecule has 1 saturated heterocycles. The van der Waals surface area contributed by atoms with Gasteiger partial charge in [0.2, 0.25) is 0 Å². The van der Waals surface area contributed by atoms with E-state index in [4.69, 9.17) is 22.4 Å². The first-order valence-corrected chi connectivity index (χ1v) is 22.9. The summed E-state index contributed by atoms with van der Waals surface area (Å²) in [6.45, 7) is 26.2. The first kappa shape index (κ1) is 23.7. The van der Waals surface area contributed by atoms with E-state index in [1.807, 2.05) is 0 Å². The highest BCUT2D eigenvalue weighted by Crippen LogP contribution is 2.35. The molecule has 1 rings (SSSR count). The van der Waals surface area contributed by atoms with Gasteiger partial charge in [-0.05, 0) is 78.6 Å². The second-order valence-electron chi connectivity index (χ2n) is 10.7. The fourth-order valence-electron chi connectivity index (χ4n) is 2.55. The van der Waals surface area contributed by atoms with Crippen molar-refractivity contribution in [3.8, 4) is 0 Å². The highest BCUT2D eigenvalue weighted by atomic mass is 28.4. The van der Waals surface area contributed by atoms with E-state index < -0.39 is 45.8 Å². The van der Waals surface area contributed by atoms with Crippen LogP contribution in [0.25, 0.3) is 0 Å². The summed E-state index contributed by atoms with van der Waals surface area (Å²) in [5.41, 5.74) is 0. The Bertz CT molecular complexity index is 394. The fraction of sp³-hybridized carbons (Fsp3) is 1.00. The average molecular weight is 425 g/mol. The molecule has 150 valence electrons. The van der Waals surface area contributed by atoms with Gasteiger partial charge < -0.3 is 22.4 Å². The van der Waals surface area contributed by atoms with Gasteiger partial charge in [-0.15, -0.1) is 0 Å². The molecule has 0 N–H and O–H groups in total. The Labute approximate surface area is 159 Å². The van der Waals surface area contributed by atoms with Gasteiger partial charge in [-0.2, -0.15) is 0 Å². The topological polar surface area (TPSA) is 46.2 Å². The number of ether oxygens (including phenoxy) is 1. The summed E-state index contributed by atoms with van der Waals surface area (Å²) >= 11 is 0. The molecule has 1 aliphatic heterocycles. The van der Waals surface area contributed by atoms with Crippen molar-refractivity contribution in [2.45, 2.75) is 103 Å². The number of hydrogen-bond donors (Lipinski definition) is 0. The third kappa shape index (κ3) is 9.43. The normalized spacial score (nSPS) is 29.3. The molecule has 0 spiro atoms. The van der Waals surface area contributed by atoms with Gasteiger partial charge in [0.25, 0.3) is 0 Å². The highest BCUT2D eigenvalue weighted by Gasteiger charge is 2.52. The molecule has 0 amide bonds. The third-order valence-electron chi connectivity index (χ3n) is 3.05. The number of rotatable bonds is 8. The minimum absolute atomic E-state index is 0.230. The third-order valence-corrected chi connectivity index (χ3v) is 6.88. The molecule has 0 bridgehead atoms. The first-order chi connectivity index (χ1) is 10.9. The average Bonchev–Trinajstić information content (AvgIpc) is 2.49. The van der Waals surface area contributed by atoms with Crippen molar-refractivity contribution in [2.24, 2.45) is 0 Å². The van der Waals surface area contributed by atoms with E-state index in [0.717, 1.165) is 0 Å². The molecular weight excluding hydrogens is 385 g/mol. The Morgan fingerprint density at radius 1 is 0.440 bits per heavy atom. The molecule has 1 fully saturated rings. The van der Waals surface area contributed by atoms with Gasteiger partial charge in [-0.25, -0.2) is 0 Å². The molecule has 1 aliphatic rings. The molecule has 0 aromatic rings. The van der Waals surface area contributed by atoms with E-state index in [2.05, 4.69) is 78.6 Å². The lowest BCUT2D eigenvalue weighted by molar-refractivity contribution is -0.164. The monoisotopic (exact) mass is 424 g/mol. The quantitative estimate of drug-likeness (QED) is 0.523. The highest BCUT2D eigenvalue weighted by molar-refractivity contribution is 6.71. The second-order valence-corrected chi connectivity index (χ2v) is 28.6. The van der Waals surface area contributed by atoms with Crippen molar-refractivity contribution in [3.63, 3.8) is 0 Å². The maximum absolute atomic E-state index is 6.50. The van der Waals surface area contributed by atoms with Gasteiger partial charge in [0, 0.05) is 0 Å². The minimum Gasteiger partial charge on any atom is -0.407 e. The standard InChI is InChI=1S/C16H40O5Si4/c1-22(2,3)18-13-14(19-23(4,5)6)16(21-25(10,11)12)17-15(13)20-24(7,8)9/h13-16H,1-12H3/t13-,14-,15-,16+/m0/s1. The predicted octanol–water partition coefficient (Wildman–Crippen LogP) is 4.81. The largest absolute Gasteiger partial charge is 0.407 e. The Hall–Kier alpha value is 0.668. The Balaban J connectivity index is 3.16. The predicted molar refractivity (Wildman–Crippen MR) is 114 cm³/mol. The van der Waals surface area contributed by atoms with Gasteiger partial charge in [0.15, 0.2) is 45.8 Å². The van der Waals surface area contributed by atoms with Crippen LogP contribution >= 0.6 is 0 Å². The molecule has 1 heterocycles. The Kier molecular flexibility index (Phi) is 7.55. The van der Waals surface area contributed by atoms with Crippen LogP contribution in [0.1, 0.15) is 0 Å². The van der Waals surface area contributed by atoms with Gasteiger partial charge in [0.05, 0.1) is 0 Å². The number of hydrogen-bond acceptors (Lipinski definition) is 5. The summed E-state index contributed by atoms with van der Waals surface area (Å²) in [4.78, 5) is 0. The molecule has 25 heavy (non-hydrogen) atoms. The molecule has 0 aliphatic carbocycles. The van der Waals surface area contributed by atoms with Crippen LogP contribution in [0.15, 0.2) is 0 Å². The van der Waals surface area contributed by atoms with Crippen LogP contribution in [0.2, 0.25) is 78.6 Å². The summed E-state index contributed by atoms with van der Waals surface area (Å²) in [7, 11) is -7.18. The first-order valence-electron chi connectivity index (χ1n) is 9.23. The van der Waals surface area contributed by atoms with Crippen LogP contribution in [0.3, 0.4) is 0 Å². The minimum atomic E-state index is -1.80. The molecule has 0 saturated carbocycles. The van der Waals surface area contributed by atoms with Crippen LogP contribution in [-0.2, 0) is 22.4 Å². The SMILES string of the molecule is C[Si](C)(C)O[C@H]1O[C@@H](O[Si](C)(C)C)[C@@H](O[Si](C)(C)C)[C@@H]1O[Si](C)(C)C. The van der Waals surface area contributed by atoms with Gasteiger partial charge in [-0.3, -0.25) is 0 Å². The maximum atomic E-state index is 6.50. The van der Waals surface area contributed by atoms with E-state index in [1.54, 1.807) is 0 Å². The van der Waals surface area contributed by atoms with Crippen molar-refractivity contribution in [3.05, 3.63) is 0 Å². The molecule has 0 radical (unpaired) electrons. The van der Waals surface area contributed by atoms with E-state index >= 15 is 0 Å². The molecule has 0 aromatic carbocycles. The van der Waals surface area contributed by atoms with Gasteiger partial charge in [0.1, 0.15) is 12.2 Å². The summed E-state index contributed by atoms with van der Waals surface area (Å²) in [6.07, 6.45) is -1.29. The van der Waals surface area contributed by atoms with Crippen LogP contribution in [0, 0.1) is 0 Å². The lowest BCUT2D eigenvalue weighted by Gasteiger charge is -2.35. The summed E-state index contributed by atoms with van der Waals surface area (Å²) in [5, 5.41) is 0. The zero-order valence-electron chi connectivity index (χ0n) is 18.4. The van der Waals surface area contributed by atoms with E-state index in [9.17, 15) is 0 Å². The zero-order valence-corrected chi connectivity index (χ0v) is 22.4. The molecule has 4 atom stereocenters. The summed E-state index contributed by atoms with van der Waals surface area (Å²) in [6, 6.07) is 0. The fourth-order valence-corrected chi connectivity index (χ4v) is 6.44. The molecule has 9 heteroatoms. The van der Waals surface area contributed by atoms with Crippen LogP contribution in [0.4, 0.5) is 0 Å². The van der Waals surface area contributed by atoms with Gasteiger partial charge >= 0.3 is 0 Å². The van der Waals surface area contributed by atoms with E-state index in [0.29, 0.717) is 0 Å². The summed E-state index contributed by atoms with van der Waals surface area (Å²) in [5.74, 6) is 0. The molecule has 0 aromatic heterocycles. The summed E-state index contributed by atoms with van der Waals surface area (Å²) < 4.78 is 31.9. The molecular formula is C16H40O5Si4. The Morgan fingerprint density at radius 2 is 0.680 bits per heavy atom. The van der Waals surface area contributed by atoms with Crippen molar-refractivity contribution >= 4 is 33.3 Å². The van der Waals surface area contributed by atoms with Crippen molar-refractivity contribution in [1.82, 2.24) is 0 Å². The van der Waals surface area contributed by atoms with Crippen molar-refractivity contribution < 1.29 is 22.4 Å². The lowest BCUT2D eigenvalue weighted by Crippen LogP contribution is -2.51. The zero-order chi connectivity index (χ0) is 19.8. The van der Waals surface area contributed by atoms with Crippen LogP contribution < -0.4 is 0 Å². The van der Waals surface area contributed by atoms with Crippen LogP contribution in [0.5, 0.6) is 0 Å². The molecule has 0 unspecified atom stereocenters. The van der Waals surface area contributed by atoms with E-state index in [1.165, 1.54) is 0 Å². The molecule has 5 nitrogen and oxygen atoms in total. The lowest BCUT2D eigenvalue weighted by atomic mass is 10.2. The smallest absolute Gasteiger partial charge is 0.187 e. The van der Waals surface area contributed by atoms with E-state index in [-0.39, 0.29) is 12.2 Å². The van der Waals surface area contributed by atoms with Gasteiger partial charge in [-0.1, -0.05) is 0 Å². The van der Waals surface area contributed by atoms with Crippen molar-refractivity contribution in [2.75, 3.05) is 0 Å². The maximum Gasteiger partial charge on any atom is 0.187 e. The Morgan fingerprint density at radius 3 is 0.880 bits per heavy atom.